The highest BCUT2D eigenvalue weighted by molar-refractivity contribution is 6.05. The minimum Gasteiger partial charge on any atom is -0.322 e. The maximum Gasteiger partial charge on any atom is 0.258 e. The molecule has 1 heterocycles. The van der Waals surface area contributed by atoms with Crippen LogP contribution in [0.25, 0.3) is 0 Å². The van der Waals surface area contributed by atoms with E-state index in [2.05, 4.69) is 5.32 Å². The highest BCUT2D eigenvalue weighted by atomic mass is 16.2. The highest BCUT2D eigenvalue weighted by Crippen LogP contribution is 2.14. The molecular formula is C19H16N2O2. The molecule has 0 fully saturated rings. The number of amides is 2. The van der Waals surface area contributed by atoms with Gasteiger partial charge in [0.2, 0.25) is 0 Å². The summed E-state index contributed by atoms with van der Waals surface area (Å²) in [5.41, 5.74) is 1.87. The summed E-state index contributed by atoms with van der Waals surface area (Å²) in [6.45, 7) is 0.253. The number of allylic oxidation sites excluding steroid dienone is 2. The Balaban J connectivity index is 1.69. The van der Waals surface area contributed by atoms with Crippen molar-refractivity contribution in [1.82, 2.24) is 4.90 Å². The summed E-state index contributed by atoms with van der Waals surface area (Å²) in [7, 11) is 0. The Hall–Kier alpha value is -3.14. The van der Waals surface area contributed by atoms with Gasteiger partial charge >= 0.3 is 0 Å². The molecule has 4 heteroatoms. The number of carbonyl (C=O) groups excluding carboxylic acids is 2. The zero-order chi connectivity index (χ0) is 16.1. The molecule has 1 aliphatic heterocycles. The van der Waals surface area contributed by atoms with Crippen LogP contribution in [0.15, 0.2) is 84.6 Å². The molecule has 0 bridgehead atoms. The molecule has 2 amide bonds. The summed E-state index contributed by atoms with van der Waals surface area (Å²) in [6, 6.07) is 18.3. The van der Waals surface area contributed by atoms with Gasteiger partial charge in [0.1, 0.15) is 0 Å². The second-order valence-corrected chi connectivity index (χ2v) is 5.15. The SMILES string of the molecule is O=C(Nc1ccccc1)C1=CC=CN(C(=O)c2ccccc2)C1. The van der Waals surface area contributed by atoms with Crippen LogP contribution in [0.1, 0.15) is 10.4 Å². The van der Waals surface area contributed by atoms with Crippen molar-refractivity contribution in [3.63, 3.8) is 0 Å². The van der Waals surface area contributed by atoms with E-state index in [1.54, 1.807) is 30.5 Å². The van der Waals surface area contributed by atoms with Gasteiger partial charge in [-0.25, -0.2) is 0 Å². The molecule has 2 aromatic rings. The molecule has 114 valence electrons. The van der Waals surface area contributed by atoms with Crippen LogP contribution >= 0.6 is 0 Å². The van der Waals surface area contributed by atoms with Crippen molar-refractivity contribution >= 4 is 17.5 Å². The van der Waals surface area contributed by atoms with Gasteiger partial charge in [0.25, 0.3) is 11.8 Å². The molecule has 0 atom stereocenters. The normalized spacial score (nSPS) is 13.4. The summed E-state index contributed by atoms with van der Waals surface area (Å²) in [5, 5.41) is 2.83. The molecule has 0 radical (unpaired) electrons. The third-order valence-corrected chi connectivity index (χ3v) is 3.51. The topological polar surface area (TPSA) is 49.4 Å². The van der Waals surface area contributed by atoms with Crippen LogP contribution in [0.2, 0.25) is 0 Å². The fourth-order valence-electron chi connectivity index (χ4n) is 2.32. The predicted octanol–water partition coefficient (Wildman–Crippen LogP) is 3.22. The number of nitrogens with one attached hydrogen (secondary N) is 1. The van der Waals surface area contributed by atoms with Gasteiger partial charge < -0.3 is 10.2 Å². The van der Waals surface area contributed by atoms with Gasteiger partial charge in [-0.3, -0.25) is 9.59 Å². The van der Waals surface area contributed by atoms with Crippen LogP contribution in [0.4, 0.5) is 5.69 Å². The lowest BCUT2D eigenvalue weighted by molar-refractivity contribution is -0.113. The number of benzene rings is 2. The van der Waals surface area contributed by atoms with Crippen molar-refractivity contribution in [2.45, 2.75) is 0 Å². The Labute approximate surface area is 134 Å². The van der Waals surface area contributed by atoms with E-state index >= 15 is 0 Å². The maximum atomic E-state index is 12.4. The fourth-order valence-corrected chi connectivity index (χ4v) is 2.32. The summed E-state index contributed by atoms with van der Waals surface area (Å²) < 4.78 is 0. The minimum absolute atomic E-state index is 0.125. The maximum absolute atomic E-state index is 12.4. The standard InChI is InChI=1S/C19H16N2O2/c22-18(20-17-11-5-2-6-12-17)16-10-7-13-21(14-16)19(23)15-8-3-1-4-9-15/h1-13H,14H2,(H,20,22). The van der Waals surface area contributed by atoms with E-state index in [1.165, 1.54) is 4.90 Å². The van der Waals surface area contributed by atoms with Gasteiger partial charge in [-0.05, 0) is 30.3 Å². The van der Waals surface area contributed by atoms with Gasteiger partial charge in [-0.1, -0.05) is 42.5 Å². The molecule has 0 spiro atoms. The van der Waals surface area contributed by atoms with E-state index in [-0.39, 0.29) is 18.4 Å². The van der Waals surface area contributed by atoms with Gasteiger partial charge in [0.15, 0.2) is 0 Å². The molecule has 0 aromatic heterocycles. The third-order valence-electron chi connectivity index (χ3n) is 3.51. The van der Waals surface area contributed by atoms with Crippen LogP contribution < -0.4 is 5.32 Å². The van der Waals surface area contributed by atoms with E-state index in [9.17, 15) is 9.59 Å². The molecule has 0 aliphatic carbocycles. The minimum atomic E-state index is -0.202. The van der Waals surface area contributed by atoms with Crippen LogP contribution in [-0.4, -0.2) is 23.3 Å². The van der Waals surface area contributed by atoms with Crippen molar-refractivity contribution in [3.8, 4) is 0 Å². The lowest BCUT2D eigenvalue weighted by Gasteiger charge is -2.22. The van der Waals surface area contributed by atoms with Crippen LogP contribution in [0, 0.1) is 0 Å². The first-order valence-corrected chi connectivity index (χ1v) is 7.34. The third kappa shape index (κ3) is 3.55. The smallest absolute Gasteiger partial charge is 0.258 e. The Morgan fingerprint density at radius 1 is 0.913 bits per heavy atom. The number of hydrogen-bond acceptors (Lipinski definition) is 2. The van der Waals surface area contributed by atoms with Gasteiger partial charge in [-0.2, -0.15) is 0 Å². The van der Waals surface area contributed by atoms with Crippen LogP contribution in [0.3, 0.4) is 0 Å². The molecular weight excluding hydrogens is 288 g/mol. The van der Waals surface area contributed by atoms with Crippen LogP contribution in [0.5, 0.6) is 0 Å². The first-order chi connectivity index (χ1) is 11.2. The monoisotopic (exact) mass is 304 g/mol. The van der Waals surface area contributed by atoms with Crippen molar-refractivity contribution in [3.05, 3.63) is 90.2 Å². The quantitative estimate of drug-likeness (QED) is 0.946. The fraction of sp³-hybridized carbons (Fsp3) is 0.0526. The number of rotatable bonds is 3. The lowest BCUT2D eigenvalue weighted by atomic mass is 10.1. The van der Waals surface area contributed by atoms with E-state index in [1.807, 2.05) is 48.5 Å². The van der Waals surface area contributed by atoms with E-state index in [0.717, 1.165) is 5.69 Å². The molecule has 4 nitrogen and oxygen atoms in total. The average Bonchev–Trinajstić information content (AvgIpc) is 2.63. The van der Waals surface area contributed by atoms with Crippen molar-refractivity contribution < 1.29 is 9.59 Å². The van der Waals surface area contributed by atoms with E-state index in [4.69, 9.17) is 0 Å². The average molecular weight is 304 g/mol. The van der Waals surface area contributed by atoms with Crippen molar-refractivity contribution in [1.29, 1.82) is 0 Å². The largest absolute Gasteiger partial charge is 0.322 e. The lowest BCUT2D eigenvalue weighted by Crippen LogP contribution is -2.32. The molecule has 0 saturated heterocycles. The Kier molecular flexibility index (Phi) is 4.34. The Morgan fingerprint density at radius 2 is 1.57 bits per heavy atom. The molecule has 2 aromatic carbocycles. The first-order valence-electron chi connectivity index (χ1n) is 7.34. The molecule has 0 saturated carbocycles. The van der Waals surface area contributed by atoms with E-state index in [0.29, 0.717) is 11.1 Å². The number of anilines is 1. The number of nitrogens with zero attached hydrogens (tertiary/aromatic N) is 1. The van der Waals surface area contributed by atoms with Gasteiger partial charge in [0.05, 0.1) is 6.54 Å². The molecule has 23 heavy (non-hydrogen) atoms. The highest BCUT2D eigenvalue weighted by Gasteiger charge is 2.20. The summed E-state index contributed by atoms with van der Waals surface area (Å²) in [5.74, 6) is -0.327. The van der Waals surface area contributed by atoms with Crippen molar-refractivity contribution in [2.24, 2.45) is 0 Å². The van der Waals surface area contributed by atoms with Crippen molar-refractivity contribution in [2.75, 3.05) is 11.9 Å². The molecule has 3 rings (SSSR count). The predicted molar refractivity (Wildman–Crippen MR) is 89.8 cm³/mol. The second-order valence-electron chi connectivity index (χ2n) is 5.15. The number of hydrogen-bond donors (Lipinski definition) is 1. The Morgan fingerprint density at radius 3 is 2.26 bits per heavy atom. The zero-order valence-corrected chi connectivity index (χ0v) is 12.5. The first kappa shape index (κ1) is 14.8. The number of para-hydroxylation sites is 1. The zero-order valence-electron chi connectivity index (χ0n) is 12.5. The summed E-state index contributed by atoms with van der Waals surface area (Å²) in [6.07, 6.45) is 5.13. The van der Waals surface area contributed by atoms with E-state index < -0.39 is 0 Å². The van der Waals surface area contributed by atoms with Gasteiger partial charge in [-0.15, -0.1) is 0 Å². The summed E-state index contributed by atoms with van der Waals surface area (Å²) >= 11 is 0. The second kappa shape index (κ2) is 6.75. The Bertz CT molecular complexity index is 764. The van der Waals surface area contributed by atoms with Crippen LogP contribution in [-0.2, 0) is 4.79 Å². The molecule has 0 unspecified atom stereocenters. The number of carbonyl (C=O) groups is 2. The summed E-state index contributed by atoms with van der Waals surface area (Å²) in [4.78, 5) is 26.3. The molecule has 1 aliphatic rings. The van der Waals surface area contributed by atoms with Gasteiger partial charge in [0, 0.05) is 23.0 Å². The molecule has 1 N–H and O–H groups in total.